The first-order valence-electron chi connectivity index (χ1n) is 10.0. The number of nitrogens with zero attached hydrogens (tertiary/aromatic N) is 5. The molecule has 0 aliphatic heterocycles. The molecule has 1 amide bonds. The molecule has 0 atom stereocenters. The van der Waals surface area contributed by atoms with Gasteiger partial charge in [-0.05, 0) is 36.4 Å². The van der Waals surface area contributed by atoms with Crippen molar-refractivity contribution in [3.05, 3.63) is 54.4 Å². The van der Waals surface area contributed by atoms with Crippen LogP contribution in [-0.2, 0) is 11.3 Å². The lowest BCUT2D eigenvalue weighted by molar-refractivity contribution is -0.115. The van der Waals surface area contributed by atoms with E-state index in [1.807, 2.05) is 24.1 Å². The first kappa shape index (κ1) is 24.6. The summed E-state index contributed by atoms with van der Waals surface area (Å²) >= 11 is 0. The Bertz CT molecular complexity index is 1090. The molecule has 0 aliphatic rings. The largest absolute Gasteiger partial charge is 0.497 e. The number of aromatic nitrogens is 3. The Labute approximate surface area is 194 Å². The molecule has 0 unspecified atom stereocenters. The van der Waals surface area contributed by atoms with Gasteiger partial charge in [-0.15, -0.1) is 0 Å². The minimum absolute atomic E-state index is 0.0905. The van der Waals surface area contributed by atoms with Crippen molar-refractivity contribution in [3.8, 4) is 11.5 Å². The maximum absolute atomic E-state index is 12.7. The van der Waals surface area contributed by atoms with Gasteiger partial charge in [-0.25, -0.2) is 9.97 Å². The number of amides is 1. The third-order valence-electron chi connectivity index (χ3n) is 4.75. The molecule has 0 radical (unpaired) electrons. The lowest BCUT2D eigenvalue weighted by atomic mass is 10.2. The van der Waals surface area contributed by atoms with Crippen molar-refractivity contribution in [2.45, 2.75) is 12.7 Å². The number of carbonyl (C=O) groups excluding carboxylic acids is 1. The number of ether oxygens (including phenoxy) is 2. The van der Waals surface area contributed by atoms with Crippen molar-refractivity contribution in [3.63, 3.8) is 0 Å². The van der Waals surface area contributed by atoms with Crippen molar-refractivity contribution >= 4 is 29.7 Å². The number of pyridine rings is 1. The summed E-state index contributed by atoms with van der Waals surface area (Å²) in [5, 5.41) is 2.14. The van der Waals surface area contributed by atoms with E-state index in [2.05, 4.69) is 20.3 Å². The Kier molecular flexibility index (Phi) is 7.71. The van der Waals surface area contributed by atoms with Crippen LogP contribution < -0.4 is 24.6 Å². The number of hydrogen-bond donors (Lipinski definition) is 1. The van der Waals surface area contributed by atoms with Crippen LogP contribution in [0.15, 0.2) is 48.8 Å². The molecule has 0 aliphatic carbocycles. The number of halogens is 3. The first-order chi connectivity index (χ1) is 16.2. The summed E-state index contributed by atoms with van der Waals surface area (Å²) in [6.07, 6.45) is -1.18. The van der Waals surface area contributed by atoms with E-state index < -0.39 is 12.7 Å². The van der Waals surface area contributed by atoms with Gasteiger partial charge < -0.3 is 19.7 Å². The van der Waals surface area contributed by atoms with E-state index in [0.29, 0.717) is 23.5 Å². The zero-order valence-electron chi connectivity index (χ0n) is 18.7. The van der Waals surface area contributed by atoms with Crippen molar-refractivity contribution < 1.29 is 27.4 Å². The van der Waals surface area contributed by atoms with Gasteiger partial charge >= 0.3 is 6.18 Å². The zero-order chi connectivity index (χ0) is 24.7. The van der Waals surface area contributed by atoms with E-state index in [4.69, 9.17) is 9.47 Å². The average Bonchev–Trinajstić information content (AvgIpc) is 2.84. The molecule has 0 saturated carbocycles. The van der Waals surface area contributed by atoms with Crippen LogP contribution in [0, 0.1) is 0 Å². The molecule has 12 heteroatoms. The van der Waals surface area contributed by atoms with Crippen molar-refractivity contribution in [1.29, 1.82) is 0 Å². The fourth-order valence-electron chi connectivity index (χ4n) is 3.01. The SMILES string of the molecule is COc1ccc(N(C)Cc2cnc(NCC(F)(F)F)nc2N(C=O)c2ccc(OC)cn2)cc1. The highest BCUT2D eigenvalue weighted by atomic mass is 19.4. The van der Waals surface area contributed by atoms with Gasteiger partial charge in [0.05, 0.1) is 20.4 Å². The molecule has 1 N–H and O–H groups in total. The fraction of sp³-hybridized carbons (Fsp3) is 0.273. The molecule has 34 heavy (non-hydrogen) atoms. The molecule has 0 bridgehead atoms. The fourth-order valence-corrected chi connectivity index (χ4v) is 3.01. The van der Waals surface area contributed by atoms with E-state index in [1.54, 1.807) is 25.3 Å². The van der Waals surface area contributed by atoms with Crippen LogP contribution in [0.4, 0.5) is 36.4 Å². The standard InChI is InChI=1S/C22H23F3N6O3/c1-30(16-4-6-17(33-2)7-5-16)12-15-10-27-21(28-13-22(23,24)25)29-20(15)31(14-32)19-9-8-18(34-3)11-26-19/h4-11,14H,12-13H2,1-3H3,(H,27,28,29). The van der Waals surface area contributed by atoms with Gasteiger partial charge in [-0.1, -0.05) is 0 Å². The van der Waals surface area contributed by atoms with Crippen LogP contribution in [0.3, 0.4) is 0 Å². The molecule has 0 spiro atoms. The number of anilines is 4. The van der Waals surface area contributed by atoms with Crippen LogP contribution >= 0.6 is 0 Å². The normalized spacial score (nSPS) is 11.0. The molecular weight excluding hydrogens is 453 g/mol. The summed E-state index contributed by atoms with van der Waals surface area (Å²) in [6, 6.07) is 10.4. The Morgan fingerprint density at radius 2 is 1.68 bits per heavy atom. The lowest BCUT2D eigenvalue weighted by Gasteiger charge is -2.24. The van der Waals surface area contributed by atoms with Crippen LogP contribution in [-0.4, -0.2) is 55.4 Å². The van der Waals surface area contributed by atoms with Gasteiger partial charge in [0.25, 0.3) is 0 Å². The third-order valence-corrected chi connectivity index (χ3v) is 4.75. The monoisotopic (exact) mass is 476 g/mol. The third kappa shape index (κ3) is 6.24. The Morgan fingerprint density at radius 3 is 2.24 bits per heavy atom. The molecule has 0 saturated heterocycles. The van der Waals surface area contributed by atoms with Gasteiger partial charge in [0.2, 0.25) is 12.4 Å². The molecule has 2 heterocycles. The van der Waals surface area contributed by atoms with Crippen LogP contribution in [0.5, 0.6) is 11.5 Å². The quantitative estimate of drug-likeness (QED) is 0.442. The smallest absolute Gasteiger partial charge is 0.405 e. The molecule has 180 valence electrons. The Morgan fingerprint density at radius 1 is 1.00 bits per heavy atom. The first-order valence-corrected chi connectivity index (χ1v) is 10.0. The van der Waals surface area contributed by atoms with E-state index in [1.165, 1.54) is 25.6 Å². The van der Waals surface area contributed by atoms with Gasteiger partial charge in [0.1, 0.15) is 23.9 Å². The number of carbonyl (C=O) groups is 1. The number of nitrogens with one attached hydrogen (secondary N) is 1. The number of alkyl halides is 3. The van der Waals surface area contributed by atoms with Gasteiger partial charge in [0.15, 0.2) is 5.82 Å². The van der Waals surface area contributed by atoms with Crippen LogP contribution in [0.25, 0.3) is 0 Å². The molecule has 0 fully saturated rings. The van der Waals surface area contributed by atoms with Crippen molar-refractivity contribution in [2.75, 3.05) is 42.9 Å². The second kappa shape index (κ2) is 10.7. The summed E-state index contributed by atoms with van der Waals surface area (Å²) in [5.74, 6) is 1.20. The maximum atomic E-state index is 12.7. The Hall–Kier alpha value is -4.09. The van der Waals surface area contributed by atoms with Crippen molar-refractivity contribution in [2.24, 2.45) is 0 Å². The van der Waals surface area contributed by atoms with Crippen LogP contribution in [0.2, 0.25) is 0 Å². The summed E-state index contributed by atoms with van der Waals surface area (Å²) in [6.45, 7) is -1.07. The Balaban J connectivity index is 1.96. The zero-order valence-corrected chi connectivity index (χ0v) is 18.7. The molecule has 9 nitrogen and oxygen atoms in total. The summed E-state index contributed by atoms with van der Waals surface area (Å²) < 4.78 is 48.3. The molecular formula is C22H23F3N6O3. The molecule has 3 aromatic rings. The number of hydrogen-bond acceptors (Lipinski definition) is 8. The number of benzene rings is 1. The molecule has 1 aromatic carbocycles. The number of methoxy groups -OCH3 is 2. The summed E-state index contributed by atoms with van der Waals surface area (Å²) in [4.78, 5) is 27.4. The van der Waals surface area contributed by atoms with Gasteiger partial charge in [0, 0.05) is 31.0 Å². The predicted molar refractivity (Wildman–Crippen MR) is 121 cm³/mol. The minimum Gasteiger partial charge on any atom is -0.497 e. The summed E-state index contributed by atoms with van der Waals surface area (Å²) in [5.41, 5.74) is 1.33. The second-order valence-electron chi connectivity index (χ2n) is 7.10. The number of rotatable bonds is 10. The highest BCUT2D eigenvalue weighted by molar-refractivity contribution is 5.84. The molecule has 3 rings (SSSR count). The lowest BCUT2D eigenvalue weighted by Crippen LogP contribution is -2.25. The van der Waals surface area contributed by atoms with E-state index in [-0.39, 0.29) is 24.1 Å². The van der Waals surface area contributed by atoms with Gasteiger partial charge in [-0.2, -0.15) is 18.2 Å². The van der Waals surface area contributed by atoms with Gasteiger partial charge in [-0.3, -0.25) is 9.69 Å². The van der Waals surface area contributed by atoms with E-state index in [0.717, 1.165) is 10.6 Å². The van der Waals surface area contributed by atoms with Crippen LogP contribution in [0.1, 0.15) is 5.56 Å². The van der Waals surface area contributed by atoms with E-state index in [9.17, 15) is 18.0 Å². The second-order valence-corrected chi connectivity index (χ2v) is 7.10. The minimum atomic E-state index is -4.46. The molecule has 2 aromatic heterocycles. The topological polar surface area (TPSA) is 92.7 Å². The maximum Gasteiger partial charge on any atom is 0.405 e. The summed E-state index contributed by atoms with van der Waals surface area (Å²) in [7, 11) is 4.86. The average molecular weight is 476 g/mol. The highest BCUT2D eigenvalue weighted by Crippen LogP contribution is 2.28. The van der Waals surface area contributed by atoms with E-state index >= 15 is 0 Å². The highest BCUT2D eigenvalue weighted by Gasteiger charge is 2.27. The van der Waals surface area contributed by atoms with Crippen molar-refractivity contribution in [1.82, 2.24) is 15.0 Å². The predicted octanol–water partition coefficient (Wildman–Crippen LogP) is 3.79.